The first-order chi connectivity index (χ1) is 44.0. The van der Waals surface area contributed by atoms with Gasteiger partial charge in [0.15, 0.2) is 0 Å². The molecule has 1 aliphatic carbocycles. The summed E-state index contributed by atoms with van der Waals surface area (Å²) in [6.45, 7) is 10.7. The molecule has 6 nitrogen and oxygen atoms in total. The third-order valence-corrected chi connectivity index (χ3v) is 18.6. The van der Waals surface area contributed by atoms with Crippen LogP contribution in [0.4, 0.5) is 0 Å². The number of imidazole rings is 1. The van der Waals surface area contributed by atoms with Gasteiger partial charge in [0.2, 0.25) is 0 Å². The molecule has 0 saturated heterocycles. The second-order valence-corrected chi connectivity index (χ2v) is 25.9. The lowest BCUT2D eigenvalue weighted by Gasteiger charge is -2.42. The molecule has 14 aromatic rings. The minimum absolute atomic E-state index is 0.0410. The fraction of sp³-hybridized carbons (Fsp3) is 0.175. The van der Waals surface area contributed by atoms with E-state index in [2.05, 4.69) is 208 Å². The molecule has 0 saturated carbocycles. The number of rotatable bonds is 6. The van der Waals surface area contributed by atoms with Gasteiger partial charge in [-0.1, -0.05) is 164 Å². The molecule has 10 aromatic carbocycles. The molecular formula is C80H66N4O2. The minimum atomic E-state index is -2.68. The summed E-state index contributed by atoms with van der Waals surface area (Å²) in [4.78, 5) is 4.94. The smallest absolute Gasteiger partial charge is 0.269 e. The van der Waals surface area contributed by atoms with Gasteiger partial charge < -0.3 is 9.15 Å². The van der Waals surface area contributed by atoms with E-state index in [0.29, 0.717) is 22.6 Å². The van der Waals surface area contributed by atoms with E-state index in [1.54, 1.807) is 18.2 Å². The molecule has 5 heterocycles. The van der Waals surface area contributed by atoms with Crippen LogP contribution in [0.1, 0.15) is 97.3 Å². The lowest BCUT2D eigenvalue weighted by Crippen LogP contribution is -2.34. The zero-order valence-electron chi connectivity index (χ0n) is 55.2. The van der Waals surface area contributed by atoms with Gasteiger partial charge in [-0.25, -0.2) is 4.98 Å². The van der Waals surface area contributed by atoms with Gasteiger partial charge >= 0.3 is 0 Å². The predicted octanol–water partition coefficient (Wildman–Crippen LogP) is 20.8. The highest BCUT2D eigenvalue weighted by Gasteiger charge is 2.39. The van der Waals surface area contributed by atoms with Gasteiger partial charge in [0, 0.05) is 42.0 Å². The Kier molecular flexibility index (Phi) is 10.0. The minimum Gasteiger partial charge on any atom is -0.458 e. The van der Waals surface area contributed by atoms with Crippen molar-refractivity contribution in [3.05, 3.63) is 247 Å². The third-order valence-electron chi connectivity index (χ3n) is 18.6. The molecule has 0 spiro atoms. The number of furan rings is 1. The summed E-state index contributed by atoms with van der Waals surface area (Å²) in [5.41, 5.74) is 17.9. The zero-order valence-corrected chi connectivity index (χ0v) is 49.2. The Morgan fingerprint density at radius 3 is 1.94 bits per heavy atom. The maximum absolute atomic E-state index is 9.05. The van der Waals surface area contributed by atoms with Crippen molar-refractivity contribution in [2.75, 3.05) is 0 Å². The van der Waals surface area contributed by atoms with Crippen LogP contribution in [0.3, 0.4) is 0 Å². The number of aromatic nitrogens is 4. The predicted molar refractivity (Wildman–Crippen MR) is 354 cm³/mol. The van der Waals surface area contributed by atoms with Crippen molar-refractivity contribution in [3.63, 3.8) is 0 Å². The molecule has 418 valence electrons. The average molecular weight is 1120 g/mol. The zero-order chi connectivity index (χ0) is 63.5. The van der Waals surface area contributed by atoms with Crippen LogP contribution in [0.5, 0.6) is 11.5 Å². The Morgan fingerprint density at radius 1 is 0.523 bits per heavy atom. The highest BCUT2D eigenvalue weighted by atomic mass is 16.5. The summed E-state index contributed by atoms with van der Waals surface area (Å²) < 4.78 is 74.3. The van der Waals surface area contributed by atoms with E-state index in [0.717, 1.165) is 124 Å². The summed E-state index contributed by atoms with van der Waals surface area (Å²) >= 11 is 0. The number of benzene rings is 10. The van der Waals surface area contributed by atoms with Crippen LogP contribution >= 0.6 is 0 Å². The molecule has 0 unspecified atom stereocenters. The van der Waals surface area contributed by atoms with E-state index >= 15 is 0 Å². The van der Waals surface area contributed by atoms with Crippen molar-refractivity contribution >= 4 is 54.8 Å². The molecule has 86 heavy (non-hydrogen) atoms. The number of pyridine rings is 1. The number of nitrogens with zero attached hydrogens (tertiary/aromatic N) is 4. The topological polar surface area (TPSA) is 49.0 Å². The van der Waals surface area contributed by atoms with Crippen LogP contribution in [0, 0.1) is 20.0 Å². The Bertz CT molecular complexity index is 5390. The maximum atomic E-state index is 9.05. The molecule has 6 heteroatoms. The Balaban J connectivity index is 0.984. The first-order valence-electron chi connectivity index (χ1n) is 32.8. The Hall–Kier alpha value is -9.78. The molecular weight excluding hydrogens is 1050 g/mol. The van der Waals surface area contributed by atoms with Crippen LogP contribution in [0.15, 0.2) is 217 Å². The molecule has 0 fully saturated rings. The van der Waals surface area contributed by atoms with E-state index in [4.69, 9.17) is 22.4 Å². The Labute approximate surface area is 510 Å². The van der Waals surface area contributed by atoms with Gasteiger partial charge in [-0.05, 0) is 211 Å². The van der Waals surface area contributed by atoms with Gasteiger partial charge in [-0.2, -0.15) is 0 Å². The van der Waals surface area contributed by atoms with E-state index in [9.17, 15) is 0 Å². The summed E-state index contributed by atoms with van der Waals surface area (Å²) in [7, 11) is 0. The van der Waals surface area contributed by atoms with Crippen molar-refractivity contribution in [1.29, 1.82) is 0 Å². The monoisotopic (exact) mass is 1120 g/mol. The van der Waals surface area contributed by atoms with Crippen molar-refractivity contribution in [2.24, 2.45) is 0 Å². The lowest BCUT2D eigenvalue weighted by atomic mass is 9.62. The number of fused-ring (bicyclic) bond motifs is 14. The number of ether oxygens (including phenoxy) is 1. The molecule has 0 amide bonds. The SMILES string of the molecule is [2H]C([2H])([2H])c1cccc(C([2H])([2H])[2H])c1-c1cc(-c2ccc3oc4ccccc4c3c2)c2c(c1)-c1cc3c(cc1-c1ccccc1-c1cccc4c1[n+]-2[c-]n4-c1cccc(Oc2ccc4c5ccccc5n(-c5cc(C(C)(C)C)ccn5)c4c2)c1)C(C)(C)CCC3(C)C. The van der Waals surface area contributed by atoms with Crippen LogP contribution in [0.2, 0.25) is 0 Å². The van der Waals surface area contributed by atoms with Crippen LogP contribution in [0.25, 0.3) is 128 Å². The second kappa shape index (κ2) is 18.9. The fourth-order valence-electron chi connectivity index (χ4n) is 14.0. The van der Waals surface area contributed by atoms with Crippen molar-refractivity contribution in [3.8, 4) is 84.3 Å². The fourth-order valence-corrected chi connectivity index (χ4v) is 14.0. The highest BCUT2D eigenvalue weighted by Crippen LogP contribution is 2.53. The van der Waals surface area contributed by atoms with Gasteiger partial charge in [0.1, 0.15) is 28.5 Å². The third kappa shape index (κ3) is 8.06. The number of hydrogen-bond acceptors (Lipinski definition) is 3. The first-order valence-corrected chi connectivity index (χ1v) is 29.8. The molecule has 1 aliphatic heterocycles. The van der Waals surface area contributed by atoms with Gasteiger partial charge in [-0.15, -0.1) is 0 Å². The number of aryl methyl sites for hydroxylation is 2. The van der Waals surface area contributed by atoms with Crippen molar-refractivity contribution < 1.29 is 21.9 Å². The largest absolute Gasteiger partial charge is 0.458 e. The summed E-state index contributed by atoms with van der Waals surface area (Å²) in [6.07, 6.45) is 7.86. The summed E-state index contributed by atoms with van der Waals surface area (Å²) in [6, 6.07) is 69.9. The van der Waals surface area contributed by atoms with Gasteiger partial charge in [-0.3, -0.25) is 13.7 Å². The second-order valence-electron chi connectivity index (χ2n) is 25.9. The van der Waals surface area contributed by atoms with E-state index in [-0.39, 0.29) is 32.9 Å². The van der Waals surface area contributed by atoms with Crippen LogP contribution in [-0.2, 0) is 16.2 Å². The first kappa shape index (κ1) is 45.6. The quantitative estimate of drug-likeness (QED) is 0.123. The summed E-state index contributed by atoms with van der Waals surface area (Å²) in [5.74, 6) is 2.12. The van der Waals surface area contributed by atoms with Crippen molar-refractivity contribution in [2.45, 2.75) is 91.3 Å². The molecule has 0 N–H and O–H groups in total. The Morgan fingerprint density at radius 2 is 1.16 bits per heavy atom. The standard InChI is InChI=1S/C80H66N4O2/c1-48-19-16-20-49(2)75(48)51-40-62(50-31-34-73-65(39-50)60-26-13-15-30-72(60)86-73)76-66(41-51)64-46-68-67(79(6,7)36-37-80(68,8)9)45-63(64)57-24-11-10-23-56(57)61-27-18-29-70-77(61)83(76)47-82(70)53-21-17-22-54(43-53)85-55-32-33-59-58-25-12-14-28-69(58)84(71(59)44-55)74-42-52(35-38-81-74)78(3,4)5/h10-35,38-46H,36-37H2,1-9H3/i1D3,2D3. The normalized spacial score (nSPS) is 15.5. The lowest BCUT2D eigenvalue weighted by molar-refractivity contribution is -0.570. The maximum Gasteiger partial charge on any atom is 0.269 e. The molecule has 0 atom stereocenters. The van der Waals surface area contributed by atoms with E-state index in [1.807, 2.05) is 54.7 Å². The van der Waals surface area contributed by atoms with E-state index < -0.39 is 13.7 Å². The van der Waals surface area contributed by atoms with Crippen LogP contribution in [-0.4, -0.2) is 14.1 Å². The van der Waals surface area contributed by atoms with Crippen molar-refractivity contribution in [1.82, 2.24) is 14.1 Å². The molecule has 16 rings (SSSR count). The van der Waals surface area contributed by atoms with Crippen LogP contribution < -0.4 is 9.30 Å². The van der Waals surface area contributed by atoms with E-state index in [1.165, 1.54) is 16.7 Å². The molecule has 0 bridgehead atoms. The highest BCUT2D eigenvalue weighted by molar-refractivity contribution is 6.10. The number of para-hydroxylation sites is 3. The summed E-state index contributed by atoms with van der Waals surface area (Å²) in [5, 5.41) is 4.06. The average Bonchev–Trinajstić information content (AvgIpc) is 1.38. The molecule has 4 aromatic heterocycles. The molecule has 0 radical (unpaired) electrons. The van der Waals surface area contributed by atoms with Gasteiger partial charge in [0.25, 0.3) is 6.33 Å². The number of hydrogen-bond donors (Lipinski definition) is 0. The van der Waals surface area contributed by atoms with Gasteiger partial charge in [0.05, 0.1) is 33.4 Å². The molecule has 2 aliphatic rings.